The maximum atomic E-state index is 14.1. The minimum Gasteiger partial charge on any atom is -0.508 e. The summed E-state index contributed by atoms with van der Waals surface area (Å²) < 4.78 is 33.2. The number of aromatic amines is 1. The van der Waals surface area contributed by atoms with Crippen LogP contribution in [0.1, 0.15) is 20.8 Å². The summed E-state index contributed by atoms with van der Waals surface area (Å²) in [6.45, 7) is 0.226. The Kier molecular flexibility index (Phi) is 6.14. The van der Waals surface area contributed by atoms with E-state index in [1.165, 1.54) is 4.90 Å². The summed E-state index contributed by atoms with van der Waals surface area (Å²) in [5.74, 6) is -4.54. The van der Waals surface area contributed by atoms with Crippen LogP contribution in [0.2, 0.25) is 5.02 Å². The molecule has 1 aromatic heterocycles. The van der Waals surface area contributed by atoms with E-state index >= 15 is 0 Å². The van der Waals surface area contributed by atoms with Crippen LogP contribution in [0.15, 0.2) is 29.1 Å². The molecule has 8 nitrogen and oxygen atoms in total. The third-order valence-corrected chi connectivity index (χ3v) is 4.52. The molecule has 1 saturated heterocycles. The van der Waals surface area contributed by atoms with Crippen molar-refractivity contribution in [2.45, 2.75) is 6.04 Å². The molecule has 3 N–H and O–H groups in total. The van der Waals surface area contributed by atoms with E-state index in [1.54, 1.807) is 0 Å². The van der Waals surface area contributed by atoms with Gasteiger partial charge in [0.15, 0.2) is 11.6 Å². The molecule has 154 valence electrons. The fourth-order valence-corrected chi connectivity index (χ4v) is 3.00. The third-order valence-electron chi connectivity index (χ3n) is 4.23. The Labute approximate surface area is 168 Å². The van der Waals surface area contributed by atoms with Crippen LogP contribution in [0.4, 0.5) is 8.78 Å². The van der Waals surface area contributed by atoms with Crippen molar-refractivity contribution in [3.8, 4) is 5.75 Å². The second-order valence-electron chi connectivity index (χ2n) is 6.34. The van der Waals surface area contributed by atoms with Gasteiger partial charge >= 0.3 is 0 Å². The summed E-state index contributed by atoms with van der Waals surface area (Å²) in [5, 5.41) is 11.6. The van der Waals surface area contributed by atoms with Crippen LogP contribution in [-0.4, -0.2) is 59.1 Å². The fourth-order valence-electron chi connectivity index (χ4n) is 2.86. The molecule has 11 heteroatoms. The van der Waals surface area contributed by atoms with Crippen LogP contribution in [0.5, 0.6) is 5.75 Å². The van der Waals surface area contributed by atoms with Crippen molar-refractivity contribution in [2.24, 2.45) is 0 Å². The van der Waals surface area contributed by atoms with Gasteiger partial charge in [-0.15, -0.1) is 0 Å². The van der Waals surface area contributed by atoms with Gasteiger partial charge in [-0.1, -0.05) is 11.6 Å². The molecule has 0 bridgehead atoms. The molecule has 29 heavy (non-hydrogen) atoms. The van der Waals surface area contributed by atoms with E-state index in [9.17, 15) is 28.3 Å². The number of nitrogens with one attached hydrogen (secondary N) is 2. The molecule has 1 aliphatic heterocycles. The average Bonchev–Trinajstić information content (AvgIpc) is 2.90. The highest BCUT2D eigenvalue weighted by molar-refractivity contribution is 6.30. The minimum absolute atomic E-state index is 0.0443. The smallest absolute Gasteiger partial charge is 0.268 e. The van der Waals surface area contributed by atoms with Crippen LogP contribution >= 0.6 is 11.6 Å². The summed E-state index contributed by atoms with van der Waals surface area (Å²) in [5.41, 5.74) is -1.33. The van der Waals surface area contributed by atoms with E-state index in [0.29, 0.717) is 0 Å². The van der Waals surface area contributed by atoms with Gasteiger partial charge in [-0.2, -0.15) is 0 Å². The van der Waals surface area contributed by atoms with Crippen LogP contribution in [-0.2, 0) is 4.74 Å². The Hall–Kier alpha value is -2.98. The molecular weight excluding hydrogens is 412 g/mol. The number of aromatic hydroxyl groups is 1. The number of halogens is 3. The van der Waals surface area contributed by atoms with E-state index in [-0.39, 0.29) is 37.7 Å². The second kappa shape index (κ2) is 8.58. The number of H-pyrrole nitrogens is 1. The van der Waals surface area contributed by atoms with Gasteiger partial charge in [-0.25, -0.2) is 8.78 Å². The van der Waals surface area contributed by atoms with E-state index < -0.39 is 45.6 Å². The average molecular weight is 428 g/mol. The van der Waals surface area contributed by atoms with Gasteiger partial charge < -0.3 is 25.0 Å². The van der Waals surface area contributed by atoms with Crippen molar-refractivity contribution >= 4 is 23.4 Å². The normalized spacial score (nSPS) is 16.9. The summed E-state index contributed by atoms with van der Waals surface area (Å²) in [7, 11) is 0. The molecule has 3 rings (SSSR count). The topological polar surface area (TPSA) is 112 Å². The number of amides is 2. The lowest BCUT2D eigenvalue weighted by atomic mass is 10.1. The molecule has 0 saturated carbocycles. The second-order valence-corrected chi connectivity index (χ2v) is 6.74. The molecule has 0 aliphatic carbocycles. The first kappa shape index (κ1) is 20.7. The molecule has 1 atom stereocenters. The highest BCUT2D eigenvalue weighted by atomic mass is 35.5. The van der Waals surface area contributed by atoms with Gasteiger partial charge in [0, 0.05) is 25.2 Å². The molecule has 2 heterocycles. The van der Waals surface area contributed by atoms with Crippen LogP contribution in [0.3, 0.4) is 0 Å². The maximum absolute atomic E-state index is 14.1. The number of benzene rings is 1. The lowest BCUT2D eigenvalue weighted by Crippen LogP contribution is -2.47. The van der Waals surface area contributed by atoms with Gasteiger partial charge in [0.05, 0.1) is 29.8 Å². The van der Waals surface area contributed by atoms with Crippen molar-refractivity contribution in [1.82, 2.24) is 15.2 Å². The van der Waals surface area contributed by atoms with Gasteiger partial charge in [0.25, 0.3) is 17.4 Å². The number of hydrogen-bond acceptors (Lipinski definition) is 5. The minimum atomic E-state index is -1.36. The lowest BCUT2D eigenvalue weighted by molar-refractivity contribution is 0.0729. The van der Waals surface area contributed by atoms with Crippen molar-refractivity contribution < 1.29 is 28.2 Å². The lowest BCUT2D eigenvalue weighted by Gasteiger charge is -2.24. The quantitative estimate of drug-likeness (QED) is 0.639. The number of ether oxygens (including phenoxy) is 1. The molecule has 1 aliphatic rings. The molecule has 1 fully saturated rings. The number of rotatable bonds is 3. The number of carbonyl (C=O) groups excluding carboxylic acids is 2. The summed E-state index contributed by atoms with van der Waals surface area (Å²) in [6, 6.07) is 3.45. The fraction of sp³-hybridized carbons (Fsp3) is 0.278. The van der Waals surface area contributed by atoms with Gasteiger partial charge in [0.1, 0.15) is 11.4 Å². The Morgan fingerprint density at radius 1 is 1.28 bits per heavy atom. The highest BCUT2D eigenvalue weighted by Gasteiger charge is 2.28. The molecule has 2 aromatic rings. The van der Waals surface area contributed by atoms with Crippen molar-refractivity contribution in [3.63, 3.8) is 0 Å². The SMILES string of the molecule is O=C(NC1COCCN(C(=O)c2ccc(Cl)c(F)c2F)C1)c1cc(O)cc(=O)[nH]1. The van der Waals surface area contributed by atoms with Gasteiger partial charge in [-0.3, -0.25) is 14.4 Å². The van der Waals surface area contributed by atoms with Gasteiger partial charge in [0.2, 0.25) is 0 Å². The molecule has 1 unspecified atom stereocenters. The first-order chi connectivity index (χ1) is 13.8. The zero-order valence-corrected chi connectivity index (χ0v) is 15.6. The molecule has 0 radical (unpaired) electrons. The van der Waals surface area contributed by atoms with Crippen molar-refractivity contribution in [2.75, 3.05) is 26.3 Å². The molecule has 2 amide bonds. The zero-order valence-electron chi connectivity index (χ0n) is 14.9. The number of aromatic nitrogens is 1. The molecule has 0 spiro atoms. The van der Waals surface area contributed by atoms with Crippen LogP contribution in [0, 0.1) is 11.6 Å². The zero-order chi connectivity index (χ0) is 21.1. The van der Waals surface area contributed by atoms with E-state index in [2.05, 4.69) is 10.3 Å². The van der Waals surface area contributed by atoms with Crippen molar-refractivity contribution in [1.29, 1.82) is 0 Å². The number of carbonyl (C=O) groups is 2. The van der Waals surface area contributed by atoms with E-state index in [4.69, 9.17) is 16.3 Å². The Morgan fingerprint density at radius 2 is 2.03 bits per heavy atom. The largest absolute Gasteiger partial charge is 0.508 e. The monoisotopic (exact) mass is 427 g/mol. The standard InChI is InChI=1S/C18H16ClF2N3O5/c19-12-2-1-11(15(20)16(12)21)18(28)24-3-4-29-8-9(7-24)22-17(27)13-5-10(25)6-14(26)23-13/h1-2,5-6,9H,3-4,7-8H2,(H,22,27)(H2,23,25,26). The maximum Gasteiger partial charge on any atom is 0.268 e. The third kappa shape index (κ3) is 4.72. The molecular formula is C18H16ClF2N3O5. The van der Waals surface area contributed by atoms with Gasteiger partial charge in [-0.05, 0) is 12.1 Å². The Morgan fingerprint density at radius 3 is 2.76 bits per heavy atom. The summed E-state index contributed by atoms with van der Waals surface area (Å²) >= 11 is 5.51. The summed E-state index contributed by atoms with van der Waals surface area (Å²) in [4.78, 5) is 39.9. The Balaban J connectivity index is 1.76. The van der Waals surface area contributed by atoms with Crippen molar-refractivity contribution in [3.05, 3.63) is 62.5 Å². The van der Waals surface area contributed by atoms with Crippen LogP contribution in [0.25, 0.3) is 0 Å². The molecule has 1 aromatic carbocycles. The first-order valence-electron chi connectivity index (χ1n) is 8.51. The first-order valence-corrected chi connectivity index (χ1v) is 8.88. The number of pyridine rings is 1. The Bertz CT molecular complexity index is 1010. The van der Waals surface area contributed by atoms with Crippen LogP contribution < -0.4 is 10.9 Å². The predicted molar refractivity (Wildman–Crippen MR) is 98.1 cm³/mol. The highest BCUT2D eigenvalue weighted by Crippen LogP contribution is 2.22. The number of hydrogen-bond donors (Lipinski definition) is 3. The van der Waals surface area contributed by atoms with E-state index in [0.717, 1.165) is 24.3 Å². The predicted octanol–water partition coefficient (Wildman–Crippen LogP) is 1.28. The number of nitrogens with zero attached hydrogens (tertiary/aromatic N) is 1. The van der Waals surface area contributed by atoms with E-state index in [1.807, 2.05) is 0 Å². The summed E-state index contributed by atoms with van der Waals surface area (Å²) in [6.07, 6.45) is 0.